The predicted molar refractivity (Wildman–Crippen MR) is 68.6 cm³/mol. The number of carbonyl (C=O) groups is 1. The lowest BCUT2D eigenvalue weighted by molar-refractivity contribution is 0.0697. The van der Waals surface area contributed by atoms with Gasteiger partial charge >= 0.3 is 5.97 Å². The first kappa shape index (κ1) is 13.2. The van der Waals surface area contributed by atoms with Crippen molar-refractivity contribution < 1.29 is 9.90 Å². The Hall–Kier alpha value is -1.84. The largest absolute Gasteiger partial charge is 0.478 e. The van der Waals surface area contributed by atoms with Crippen molar-refractivity contribution in [2.75, 3.05) is 18.0 Å². The topological polar surface area (TPSA) is 53.4 Å². The van der Waals surface area contributed by atoms with Crippen LogP contribution in [0.4, 0.5) is 5.82 Å². The maximum absolute atomic E-state index is 11.2. The van der Waals surface area contributed by atoms with Crippen molar-refractivity contribution in [1.82, 2.24) is 4.98 Å². The number of aromatic carboxylic acids is 1. The third kappa shape index (κ3) is 3.31. The van der Waals surface area contributed by atoms with E-state index in [0.29, 0.717) is 18.9 Å². The molecule has 0 spiro atoms. The van der Waals surface area contributed by atoms with E-state index >= 15 is 0 Å². The first-order valence-corrected chi connectivity index (χ1v) is 5.56. The van der Waals surface area contributed by atoms with Crippen molar-refractivity contribution >= 4 is 11.8 Å². The summed E-state index contributed by atoms with van der Waals surface area (Å²) in [7, 11) is 0. The lowest BCUT2D eigenvalue weighted by Gasteiger charge is -2.23. The van der Waals surface area contributed by atoms with E-state index in [0.717, 1.165) is 11.3 Å². The molecule has 17 heavy (non-hydrogen) atoms. The average molecular weight is 234 g/mol. The zero-order valence-electron chi connectivity index (χ0n) is 10.5. The van der Waals surface area contributed by atoms with Crippen LogP contribution in [-0.4, -0.2) is 29.1 Å². The zero-order valence-corrected chi connectivity index (χ0v) is 10.5. The molecule has 0 amide bonds. The van der Waals surface area contributed by atoms with Crippen LogP contribution in [0.25, 0.3) is 0 Å². The van der Waals surface area contributed by atoms with E-state index in [2.05, 4.69) is 11.6 Å². The second-order valence-electron chi connectivity index (χ2n) is 4.10. The van der Waals surface area contributed by atoms with Crippen molar-refractivity contribution in [3.8, 4) is 0 Å². The molecule has 4 heteroatoms. The maximum Gasteiger partial charge on any atom is 0.339 e. The Morgan fingerprint density at radius 3 is 2.65 bits per heavy atom. The Morgan fingerprint density at radius 1 is 1.53 bits per heavy atom. The van der Waals surface area contributed by atoms with Crippen LogP contribution in [0.2, 0.25) is 0 Å². The molecule has 0 fully saturated rings. The maximum atomic E-state index is 11.2. The number of aromatic nitrogens is 1. The summed E-state index contributed by atoms with van der Waals surface area (Å²) < 4.78 is 0. The van der Waals surface area contributed by atoms with Crippen LogP contribution in [0.5, 0.6) is 0 Å². The summed E-state index contributed by atoms with van der Waals surface area (Å²) in [6, 6.07) is 3.31. The number of rotatable bonds is 5. The second-order valence-corrected chi connectivity index (χ2v) is 4.10. The van der Waals surface area contributed by atoms with Crippen LogP contribution in [-0.2, 0) is 0 Å². The highest BCUT2D eigenvalue weighted by Crippen LogP contribution is 2.19. The molecule has 0 unspecified atom stereocenters. The Kier molecular flexibility index (Phi) is 4.26. The number of nitrogens with zero attached hydrogens (tertiary/aromatic N) is 2. The van der Waals surface area contributed by atoms with Crippen LogP contribution < -0.4 is 4.90 Å². The number of likely N-dealkylation sites (N-methyl/N-ethyl adjacent to an activating group) is 1. The zero-order chi connectivity index (χ0) is 13.0. The van der Waals surface area contributed by atoms with Gasteiger partial charge in [0.15, 0.2) is 0 Å². The van der Waals surface area contributed by atoms with E-state index in [1.54, 1.807) is 12.1 Å². The summed E-state index contributed by atoms with van der Waals surface area (Å²) in [6.07, 6.45) is 0. The molecule has 0 saturated carbocycles. The van der Waals surface area contributed by atoms with Crippen LogP contribution in [0.15, 0.2) is 24.3 Å². The third-order valence-electron chi connectivity index (χ3n) is 2.39. The van der Waals surface area contributed by atoms with E-state index in [4.69, 9.17) is 5.11 Å². The molecule has 0 saturated heterocycles. The van der Waals surface area contributed by atoms with Crippen molar-refractivity contribution in [2.45, 2.75) is 20.8 Å². The fraction of sp³-hybridized carbons (Fsp3) is 0.385. The average Bonchev–Trinajstić information content (AvgIpc) is 2.25. The smallest absolute Gasteiger partial charge is 0.339 e. The molecule has 0 atom stereocenters. The van der Waals surface area contributed by atoms with Gasteiger partial charge in [0.05, 0.1) is 0 Å². The molecule has 4 nitrogen and oxygen atoms in total. The number of hydrogen-bond donors (Lipinski definition) is 1. The first-order valence-electron chi connectivity index (χ1n) is 5.56. The highest BCUT2D eigenvalue weighted by molar-refractivity contribution is 5.93. The number of anilines is 1. The molecule has 1 aromatic rings. The lowest BCUT2D eigenvalue weighted by Crippen LogP contribution is -2.27. The van der Waals surface area contributed by atoms with Gasteiger partial charge in [0.25, 0.3) is 0 Å². The summed E-state index contributed by atoms with van der Waals surface area (Å²) in [5.41, 5.74) is 2.02. The van der Waals surface area contributed by atoms with Gasteiger partial charge in [-0.25, -0.2) is 9.78 Å². The molecule has 1 aromatic heterocycles. The minimum absolute atomic E-state index is 0.235. The van der Waals surface area contributed by atoms with Gasteiger partial charge in [-0.05, 0) is 32.9 Å². The molecule has 0 aliphatic rings. The van der Waals surface area contributed by atoms with Crippen molar-refractivity contribution in [2.24, 2.45) is 0 Å². The number of aryl methyl sites for hydroxylation is 1. The molecular weight excluding hydrogens is 216 g/mol. The van der Waals surface area contributed by atoms with Gasteiger partial charge < -0.3 is 10.0 Å². The Balaban J connectivity index is 3.20. The lowest BCUT2D eigenvalue weighted by atomic mass is 10.2. The number of carboxylic acids is 1. The predicted octanol–water partition coefficient (Wildman–Crippen LogP) is 2.49. The Bertz CT molecular complexity index is 441. The molecule has 0 aromatic carbocycles. The van der Waals surface area contributed by atoms with Gasteiger partial charge in [0.1, 0.15) is 11.4 Å². The molecule has 0 aliphatic carbocycles. The molecule has 0 radical (unpaired) electrons. The fourth-order valence-corrected chi connectivity index (χ4v) is 1.61. The Morgan fingerprint density at radius 2 is 2.18 bits per heavy atom. The van der Waals surface area contributed by atoms with Crippen LogP contribution in [0.1, 0.15) is 29.9 Å². The highest BCUT2D eigenvalue weighted by atomic mass is 16.4. The highest BCUT2D eigenvalue weighted by Gasteiger charge is 2.16. The molecule has 1 N–H and O–H groups in total. The third-order valence-corrected chi connectivity index (χ3v) is 2.39. The minimum Gasteiger partial charge on any atom is -0.478 e. The molecule has 92 valence electrons. The molecule has 0 aliphatic heterocycles. The summed E-state index contributed by atoms with van der Waals surface area (Å²) >= 11 is 0. The van der Waals surface area contributed by atoms with E-state index in [1.807, 2.05) is 25.7 Å². The van der Waals surface area contributed by atoms with E-state index in [1.165, 1.54) is 0 Å². The van der Waals surface area contributed by atoms with Crippen LogP contribution >= 0.6 is 0 Å². The summed E-state index contributed by atoms with van der Waals surface area (Å²) in [5, 5.41) is 9.15. The molecule has 1 heterocycles. The molecule has 0 bridgehead atoms. The van der Waals surface area contributed by atoms with E-state index < -0.39 is 5.97 Å². The van der Waals surface area contributed by atoms with Gasteiger partial charge in [-0.2, -0.15) is 0 Å². The SMILES string of the molecule is C=C(C)CN(CC)c1nc(C)ccc1C(=O)O. The monoisotopic (exact) mass is 234 g/mol. The standard InChI is InChI=1S/C13H18N2O2/c1-5-15(8-9(2)3)12-11(13(16)17)7-6-10(4)14-12/h6-7H,2,5,8H2,1,3-4H3,(H,16,17). The summed E-state index contributed by atoms with van der Waals surface area (Å²) in [6.45, 7) is 10.9. The first-order chi connectivity index (χ1) is 7.95. The van der Waals surface area contributed by atoms with Gasteiger partial charge in [-0.15, -0.1) is 0 Å². The van der Waals surface area contributed by atoms with Crippen LogP contribution in [0.3, 0.4) is 0 Å². The Labute approximate surface area is 102 Å². The van der Waals surface area contributed by atoms with Gasteiger partial charge in [-0.1, -0.05) is 12.2 Å². The van der Waals surface area contributed by atoms with Crippen molar-refractivity contribution in [3.05, 3.63) is 35.5 Å². The summed E-state index contributed by atoms with van der Waals surface area (Å²) in [4.78, 5) is 17.4. The number of pyridine rings is 1. The van der Waals surface area contributed by atoms with Crippen LogP contribution in [0, 0.1) is 6.92 Å². The fourth-order valence-electron chi connectivity index (χ4n) is 1.61. The van der Waals surface area contributed by atoms with Gasteiger partial charge in [-0.3, -0.25) is 0 Å². The summed E-state index contributed by atoms with van der Waals surface area (Å²) in [5.74, 6) is -0.435. The van der Waals surface area contributed by atoms with Crippen molar-refractivity contribution in [1.29, 1.82) is 0 Å². The molecular formula is C13H18N2O2. The normalized spacial score (nSPS) is 10.1. The van der Waals surface area contributed by atoms with Gasteiger partial charge in [0.2, 0.25) is 0 Å². The number of hydrogen-bond acceptors (Lipinski definition) is 3. The van der Waals surface area contributed by atoms with Gasteiger partial charge in [0, 0.05) is 18.8 Å². The molecule has 1 rings (SSSR count). The quantitative estimate of drug-likeness (QED) is 0.795. The minimum atomic E-state index is -0.951. The van der Waals surface area contributed by atoms with E-state index in [-0.39, 0.29) is 5.56 Å². The van der Waals surface area contributed by atoms with E-state index in [9.17, 15) is 4.79 Å². The second kappa shape index (κ2) is 5.48. The number of carboxylic acid groups (broad SMARTS) is 1. The van der Waals surface area contributed by atoms with Crippen molar-refractivity contribution in [3.63, 3.8) is 0 Å².